The highest BCUT2D eigenvalue weighted by atomic mass is 32.2. The van der Waals surface area contributed by atoms with Gasteiger partial charge in [0.1, 0.15) is 10.8 Å². The van der Waals surface area contributed by atoms with Gasteiger partial charge in [0.15, 0.2) is 11.5 Å². The van der Waals surface area contributed by atoms with E-state index in [4.69, 9.17) is 19.4 Å². The zero-order valence-electron chi connectivity index (χ0n) is 19.6. The summed E-state index contributed by atoms with van der Waals surface area (Å²) in [5.74, 6) is 1.19. The van der Waals surface area contributed by atoms with Crippen molar-refractivity contribution in [2.45, 2.75) is 17.9 Å². The van der Waals surface area contributed by atoms with Crippen LogP contribution in [0, 0.1) is 5.82 Å². The van der Waals surface area contributed by atoms with Crippen LogP contribution in [0.1, 0.15) is 16.8 Å². The molecule has 0 aliphatic heterocycles. The number of hydrogen-bond donors (Lipinski definition) is 1. The van der Waals surface area contributed by atoms with E-state index >= 15 is 0 Å². The highest BCUT2D eigenvalue weighted by Gasteiger charge is 2.13. The number of methoxy groups -OCH3 is 2. The van der Waals surface area contributed by atoms with Crippen LogP contribution in [0.15, 0.2) is 71.8 Å². The fourth-order valence-electron chi connectivity index (χ4n) is 3.61. The molecule has 0 fully saturated rings. The van der Waals surface area contributed by atoms with Gasteiger partial charge in [0.2, 0.25) is 5.91 Å². The van der Waals surface area contributed by atoms with E-state index < -0.39 is 0 Å². The molecule has 0 spiro atoms. The summed E-state index contributed by atoms with van der Waals surface area (Å²) < 4.78 is 23.9. The molecule has 0 bridgehead atoms. The molecule has 3 aromatic carbocycles. The van der Waals surface area contributed by atoms with E-state index in [-0.39, 0.29) is 17.5 Å². The fraction of sp³-hybridized carbons (Fsp3) is 0.222. The third kappa shape index (κ3) is 6.48. The molecule has 0 radical (unpaired) electrons. The number of halogens is 1. The summed E-state index contributed by atoms with van der Waals surface area (Å²) in [4.78, 5) is 22.1. The molecule has 4 aromatic rings. The summed E-state index contributed by atoms with van der Waals surface area (Å²) in [6.45, 7) is 0.501. The lowest BCUT2D eigenvalue weighted by Crippen LogP contribution is -2.27. The number of nitrogens with zero attached hydrogens (tertiary/aromatic N) is 2. The maximum Gasteiger partial charge on any atom is 0.230 e. The van der Waals surface area contributed by atoms with E-state index in [0.717, 1.165) is 27.9 Å². The van der Waals surface area contributed by atoms with E-state index in [0.29, 0.717) is 35.9 Å². The molecule has 0 unspecified atom stereocenters. The van der Waals surface area contributed by atoms with E-state index in [2.05, 4.69) is 5.32 Å². The molecule has 0 aliphatic carbocycles. The first kappa shape index (κ1) is 24.5. The largest absolute Gasteiger partial charge is 0.493 e. The van der Waals surface area contributed by atoms with Crippen molar-refractivity contribution in [3.63, 3.8) is 0 Å². The van der Waals surface area contributed by atoms with Gasteiger partial charge in [-0.25, -0.2) is 14.4 Å². The minimum Gasteiger partial charge on any atom is -0.493 e. The Bertz CT molecular complexity index is 1320. The van der Waals surface area contributed by atoms with Gasteiger partial charge >= 0.3 is 0 Å². The Balaban J connectivity index is 1.39. The maximum absolute atomic E-state index is 13.3. The van der Waals surface area contributed by atoms with Crippen molar-refractivity contribution >= 4 is 28.7 Å². The second-order valence-corrected chi connectivity index (χ2v) is 8.81. The van der Waals surface area contributed by atoms with E-state index in [1.54, 1.807) is 26.4 Å². The third-order valence-electron chi connectivity index (χ3n) is 5.41. The number of thioether (sulfide) groups is 1. The second kappa shape index (κ2) is 11.7. The maximum atomic E-state index is 13.3. The molecule has 0 aliphatic rings. The molecular weight excluding hydrogens is 465 g/mol. The zero-order chi connectivity index (χ0) is 24.6. The van der Waals surface area contributed by atoms with Crippen molar-refractivity contribution in [2.75, 3.05) is 26.5 Å². The number of ether oxygens (including phenoxy) is 2. The number of carbonyl (C=O) groups excluding carboxylic acids is 1. The Labute approximate surface area is 207 Å². The molecule has 0 saturated carbocycles. The molecule has 35 heavy (non-hydrogen) atoms. The number of hydrogen-bond acceptors (Lipinski definition) is 6. The first-order valence-corrected chi connectivity index (χ1v) is 12.1. The van der Waals surface area contributed by atoms with Crippen molar-refractivity contribution < 1.29 is 18.7 Å². The average molecular weight is 492 g/mol. The number of amides is 1. The van der Waals surface area contributed by atoms with Crippen LogP contribution in [0.3, 0.4) is 0 Å². The monoisotopic (exact) mass is 491 g/mol. The second-order valence-electron chi connectivity index (χ2n) is 7.85. The van der Waals surface area contributed by atoms with E-state index in [9.17, 15) is 9.18 Å². The lowest BCUT2D eigenvalue weighted by molar-refractivity contribution is -0.118. The standard InChI is InChI=1S/C27H26FN3O3S/c1-33-24-12-9-19(16-25(24)34-2)13-14-29-26(32)17-35-27-23(15-18-7-10-20(28)11-8-18)30-21-5-3-4-6-22(21)31-27/h3-12,16H,13-15,17H2,1-2H3,(H,29,32). The van der Waals surface area contributed by atoms with Crippen LogP contribution < -0.4 is 14.8 Å². The molecule has 4 rings (SSSR count). The van der Waals surface area contributed by atoms with Gasteiger partial charge in [-0.1, -0.05) is 42.1 Å². The van der Waals surface area contributed by atoms with Crippen LogP contribution in [-0.2, 0) is 17.6 Å². The topological polar surface area (TPSA) is 73.3 Å². The number of carbonyl (C=O) groups is 1. The number of fused-ring (bicyclic) bond motifs is 1. The predicted octanol–water partition coefficient (Wildman–Crippen LogP) is 4.83. The molecule has 1 amide bonds. The average Bonchev–Trinajstić information content (AvgIpc) is 2.88. The fourth-order valence-corrected chi connectivity index (χ4v) is 4.43. The van der Waals surface area contributed by atoms with Gasteiger partial charge in [0.25, 0.3) is 0 Å². The summed E-state index contributed by atoms with van der Waals surface area (Å²) in [7, 11) is 3.20. The van der Waals surface area contributed by atoms with Crippen molar-refractivity contribution in [1.29, 1.82) is 0 Å². The van der Waals surface area contributed by atoms with Crippen LogP contribution in [0.4, 0.5) is 4.39 Å². The highest BCUT2D eigenvalue weighted by molar-refractivity contribution is 7.99. The van der Waals surface area contributed by atoms with Gasteiger partial charge < -0.3 is 14.8 Å². The third-order valence-corrected chi connectivity index (χ3v) is 6.42. The van der Waals surface area contributed by atoms with Gasteiger partial charge in [-0.3, -0.25) is 4.79 Å². The molecule has 6 nitrogen and oxygen atoms in total. The molecule has 0 saturated heterocycles. The molecule has 180 valence electrons. The first-order chi connectivity index (χ1) is 17.1. The SMILES string of the molecule is COc1ccc(CCNC(=O)CSc2nc3ccccc3nc2Cc2ccc(F)cc2)cc1OC. The number of nitrogens with one attached hydrogen (secondary N) is 1. The summed E-state index contributed by atoms with van der Waals surface area (Å²) in [5, 5.41) is 3.66. The van der Waals surface area contributed by atoms with Crippen molar-refractivity contribution in [1.82, 2.24) is 15.3 Å². The molecule has 1 aromatic heterocycles. The van der Waals surface area contributed by atoms with E-state index in [1.165, 1.54) is 23.9 Å². The smallest absolute Gasteiger partial charge is 0.230 e. The van der Waals surface area contributed by atoms with Crippen molar-refractivity contribution in [3.05, 3.63) is 89.4 Å². The van der Waals surface area contributed by atoms with Gasteiger partial charge in [-0.05, 0) is 53.9 Å². The normalized spacial score (nSPS) is 10.8. The summed E-state index contributed by atoms with van der Waals surface area (Å²) in [6, 6.07) is 19.7. The summed E-state index contributed by atoms with van der Waals surface area (Å²) in [5.41, 5.74) is 4.29. The van der Waals surface area contributed by atoms with Crippen LogP contribution in [0.5, 0.6) is 11.5 Å². The van der Waals surface area contributed by atoms with Gasteiger partial charge in [-0.2, -0.15) is 0 Å². The van der Waals surface area contributed by atoms with Gasteiger partial charge in [0.05, 0.1) is 36.7 Å². The first-order valence-electron chi connectivity index (χ1n) is 11.2. The Morgan fingerprint density at radius 1 is 0.914 bits per heavy atom. The number of aromatic nitrogens is 2. The lowest BCUT2D eigenvalue weighted by atomic mass is 10.1. The molecular formula is C27H26FN3O3S. The number of benzene rings is 3. The van der Waals surface area contributed by atoms with Gasteiger partial charge in [0, 0.05) is 13.0 Å². The van der Waals surface area contributed by atoms with Crippen LogP contribution >= 0.6 is 11.8 Å². The Morgan fingerprint density at radius 3 is 2.31 bits per heavy atom. The minimum absolute atomic E-state index is 0.0850. The molecule has 1 N–H and O–H groups in total. The number of rotatable bonds is 10. The quantitative estimate of drug-likeness (QED) is 0.321. The van der Waals surface area contributed by atoms with Crippen LogP contribution in [0.2, 0.25) is 0 Å². The molecule has 8 heteroatoms. The Morgan fingerprint density at radius 2 is 1.60 bits per heavy atom. The van der Waals surface area contributed by atoms with Crippen LogP contribution in [-0.4, -0.2) is 42.4 Å². The van der Waals surface area contributed by atoms with Crippen LogP contribution in [0.25, 0.3) is 11.0 Å². The highest BCUT2D eigenvalue weighted by Crippen LogP contribution is 2.28. The zero-order valence-corrected chi connectivity index (χ0v) is 20.4. The molecule has 0 atom stereocenters. The Hall–Kier alpha value is -3.65. The predicted molar refractivity (Wildman–Crippen MR) is 136 cm³/mol. The number of para-hydroxylation sites is 2. The van der Waals surface area contributed by atoms with Crippen molar-refractivity contribution in [3.8, 4) is 11.5 Å². The summed E-state index contributed by atoms with van der Waals surface area (Å²) in [6.07, 6.45) is 1.17. The Kier molecular flexibility index (Phi) is 8.15. The molecule has 1 heterocycles. The van der Waals surface area contributed by atoms with Crippen molar-refractivity contribution in [2.24, 2.45) is 0 Å². The minimum atomic E-state index is -0.280. The summed E-state index contributed by atoms with van der Waals surface area (Å²) >= 11 is 1.35. The lowest BCUT2D eigenvalue weighted by Gasteiger charge is -2.11. The van der Waals surface area contributed by atoms with Gasteiger partial charge in [-0.15, -0.1) is 0 Å². The van der Waals surface area contributed by atoms with E-state index in [1.807, 2.05) is 42.5 Å².